The Morgan fingerprint density at radius 1 is 1.20 bits per heavy atom. The van der Waals surface area contributed by atoms with Crippen molar-refractivity contribution in [2.24, 2.45) is 5.92 Å². The highest BCUT2D eigenvalue weighted by Crippen LogP contribution is 2.20. The van der Waals surface area contributed by atoms with E-state index in [0.29, 0.717) is 17.9 Å². The minimum absolute atomic E-state index is 0.386. The molecular formula is C16H31N3O. The summed E-state index contributed by atoms with van der Waals surface area (Å²) < 4.78 is 0. The van der Waals surface area contributed by atoms with E-state index in [1.807, 2.05) is 0 Å². The Balaban J connectivity index is 1.73. The summed E-state index contributed by atoms with van der Waals surface area (Å²) in [6, 6.07) is 0.686. The molecule has 2 aliphatic rings. The number of nitrogens with zero attached hydrogens (tertiary/aromatic N) is 2. The molecule has 0 radical (unpaired) electrons. The molecule has 0 saturated carbocycles. The Hall–Kier alpha value is -0.610. The fourth-order valence-corrected chi connectivity index (χ4v) is 3.69. The third kappa shape index (κ3) is 4.19. The number of carbonyl (C=O) groups excluding carboxylic acids is 1. The smallest absolute Gasteiger partial charge is 0.222 e. The molecule has 1 amide bonds. The van der Waals surface area contributed by atoms with E-state index in [9.17, 15) is 4.79 Å². The highest BCUT2D eigenvalue weighted by atomic mass is 16.2. The zero-order valence-electron chi connectivity index (χ0n) is 13.2. The van der Waals surface area contributed by atoms with Crippen molar-refractivity contribution in [3.8, 4) is 0 Å². The van der Waals surface area contributed by atoms with Gasteiger partial charge in [0.25, 0.3) is 0 Å². The molecule has 0 aromatic rings. The van der Waals surface area contributed by atoms with Crippen LogP contribution in [0.3, 0.4) is 0 Å². The van der Waals surface area contributed by atoms with Crippen LogP contribution in [0, 0.1) is 5.92 Å². The van der Waals surface area contributed by atoms with Gasteiger partial charge in [-0.1, -0.05) is 13.8 Å². The minimum atomic E-state index is 0.386. The lowest BCUT2D eigenvalue weighted by atomic mass is 9.94. The van der Waals surface area contributed by atoms with Crippen LogP contribution in [-0.2, 0) is 4.79 Å². The van der Waals surface area contributed by atoms with Gasteiger partial charge in [0, 0.05) is 25.6 Å². The van der Waals surface area contributed by atoms with Crippen molar-refractivity contribution in [1.29, 1.82) is 0 Å². The highest BCUT2D eigenvalue weighted by Gasteiger charge is 2.27. The molecule has 0 aromatic carbocycles. The molecule has 2 heterocycles. The maximum Gasteiger partial charge on any atom is 0.222 e. The van der Waals surface area contributed by atoms with Gasteiger partial charge >= 0.3 is 0 Å². The molecule has 0 spiro atoms. The Morgan fingerprint density at radius 2 is 1.90 bits per heavy atom. The van der Waals surface area contributed by atoms with E-state index >= 15 is 0 Å². The number of hydrogen-bond acceptors (Lipinski definition) is 3. The van der Waals surface area contributed by atoms with Gasteiger partial charge in [-0.25, -0.2) is 0 Å². The van der Waals surface area contributed by atoms with Crippen LogP contribution in [0.2, 0.25) is 0 Å². The van der Waals surface area contributed by atoms with Gasteiger partial charge < -0.3 is 15.1 Å². The van der Waals surface area contributed by atoms with E-state index < -0.39 is 0 Å². The van der Waals surface area contributed by atoms with Gasteiger partial charge in [-0.2, -0.15) is 0 Å². The van der Waals surface area contributed by atoms with Crippen LogP contribution in [0.5, 0.6) is 0 Å². The van der Waals surface area contributed by atoms with Crippen LogP contribution in [0.1, 0.15) is 46.0 Å². The number of amides is 1. The number of carbonyl (C=O) groups is 1. The van der Waals surface area contributed by atoms with Gasteiger partial charge in [0.15, 0.2) is 0 Å². The highest BCUT2D eigenvalue weighted by molar-refractivity contribution is 5.76. The van der Waals surface area contributed by atoms with E-state index in [0.717, 1.165) is 58.5 Å². The Labute approximate surface area is 123 Å². The Morgan fingerprint density at radius 3 is 2.45 bits per heavy atom. The van der Waals surface area contributed by atoms with Gasteiger partial charge in [0.2, 0.25) is 5.91 Å². The van der Waals surface area contributed by atoms with E-state index in [1.54, 1.807) is 0 Å². The standard InChI is InChI=1S/C16H31N3O/c1-3-18(4-2)15-7-10-19(11-8-15)16(20)12-14-6-5-9-17-13-14/h14-15,17H,3-13H2,1-2H3. The molecule has 2 saturated heterocycles. The van der Waals surface area contributed by atoms with Gasteiger partial charge in [-0.05, 0) is 57.8 Å². The first-order chi connectivity index (χ1) is 9.74. The quantitative estimate of drug-likeness (QED) is 0.833. The number of nitrogens with one attached hydrogen (secondary N) is 1. The molecule has 0 aromatic heterocycles. The average molecular weight is 281 g/mol. The molecule has 2 fully saturated rings. The Bertz CT molecular complexity index is 290. The normalized spacial score (nSPS) is 25.1. The van der Waals surface area contributed by atoms with Crippen molar-refractivity contribution in [1.82, 2.24) is 15.1 Å². The van der Waals surface area contributed by atoms with Crippen LogP contribution < -0.4 is 5.32 Å². The van der Waals surface area contributed by atoms with Crippen LogP contribution in [0.4, 0.5) is 0 Å². The third-order valence-electron chi connectivity index (χ3n) is 5.01. The van der Waals surface area contributed by atoms with Crippen molar-refractivity contribution in [2.45, 2.75) is 52.0 Å². The summed E-state index contributed by atoms with van der Waals surface area (Å²) in [5.41, 5.74) is 0. The summed E-state index contributed by atoms with van der Waals surface area (Å²) >= 11 is 0. The topological polar surface area (TPSA) is 35.6 Å². The molecule has 4 heteroatoms. The van der Waals surface area contributed by atoms with Crippen LogP contribution in [0.25, 0.3) is 0 Å². The van der Waals surface area contributed by atoms with Gasteiger partial charge in [0.05, 0.1) is 0 Å². The predicted octanol–water partition coefficient (Wildman–Crippen LogP) is 1.71. The summed E-state index contributed by atoms with van der Waals surface area (Å²) in [5, 5.41) is 3.40. The molecule has 1 unspecified atom stereocenters. The van der Waals surface area contributed by atoms with Gasteiger partial charge in [0.1, 0.15) is 0 Å². The number of hydrogen-bond donors (Lipinski definition) is 1. The fourth-order valence-electron chi connectivity index (χ4n) is 3.69. The maximum atomic E-state index is 12.4. The molecule has 116 valence electrons. The largest absolute Gasteiger partial charge is 0.343 e. The first-order valence-electron chi connectivity index (χ1n) is 8.47. The van der Waals surface area contributed by atoms with Gasteiger partial charge in [-0.15, -0.1) is 0 Å². The summed E-state index contributed by atoms with van der Waals surface area (Å²) in [7, 11) is 0. The summed E-state index contributed by atoms with van der Waals surface area (Å²) in [5.74, 6) is 0.952. The van der Waals surface area contributed by atoms with Crippen molar-refractivity contribution in [3.63, 3.8) is 0 Å². The zero-order valence-corrected chi connectivity index (χ0v) is 13.2. The van der Waals surface area contributed by atoms with E-state index in [4.69, 9.17) is 0 Å². The van der Waals surface area contributed by atoms with Gasteiger partial charge in [-0.3, -0.25) is 4.79 Å². The predicted molar refractivity (Wildman–Crippen MR) is 82.7 cm³/mol. The first-order valence-corrected chi connectivity index (χ1v) is 8.47. The summed E-state index contributed by atoms with van der Waals surface area (Å²) in [6.07, 6.45) is 5.49. The van der Waals surface area contributed by atoms with Crippen molar-refractivity contribution >= 4 is 5.91 Å². The van der Waals surface area contributed by atoms with E-state index in [2.05, 4.69) is 29.0 Å². The Kier molecular flexibility index (Phi) is 6.30. The van der Waals surface area contributed by atoms with Crippen molar-refractivity contribution in [3.05, 3.63) is 0 Å². The SMILES string of the molecule is CCN(CC)C1CCN(C(=O)CC2CCCNC2)CC1. The minimum Gasteiger partial charge on any atom is -0.343 e. The van der Waals surface area contributed by atoms with E-state index in [-0.39, 0.29) is 0 Å². The second kappa shape index (κ2) is 7.99. The lowest BCUT2D eigenvalue weighted by molar-refractivity contribution is -0.133. The fraction of sp³-hybridized carbons (Fsp3) is 0.938. The molecule has 0 bridgehead atoms. The maximum absolute atomic E-state index is 12.4. The second-order valence-electron chi connectivity index (χ2n) is 6.25. The molecule has 1 N–H and O–H groups in total. The van der Waals surface area contributed by atoms with Crippen LogP contribution in [-0.4, -0.2) is 61.0 Å². The zero-order chi connectivity index (χ0) is 14.4. The second-order valence-corrected chi connectivity index (χ2v) is 6.25. The lowest BCUT2D eigenvalue weighted by Gasteiger charge is -2.38. The molecular weight excluding hydrogens is 250 g/mol. The van der Waals surface area contributed by atoms with Crippen LogP contribution in [0.15, 0.2) is 0 Å². The molecule has 20 heavy (non-hydrogen) atoms. The average Bonchev–Trinajstić information content (AvgIpc) is 2.50. The monoisotopic (exact) mass is 281 g/mol. The molecule has 4 nitrogen and oxygen atoms in total. The van der Waals surface area contributed by atoms with Crippen molar-refractivity contribution < 1.29 is 4.79 Å². The number of rotatable bonds is 5. The number of piperidine rings is 2. The first kappa shape index (κ1) is 15.8. The number of likely N-dealkylation sites (tertiary alicyclic amines) is 1. The molecule has 1 atom stereocenters. The van der Waals surface area contributed by atoms with Crippen molar-refractivity contribution in [2.75, 3.05) is 39.3 Å². The van der Waals surface area contributed by atoms with Crippen LogP contribution >= 0.6 is 0 Å². The molecule has 2 aliphatic heterocycles. The summed E-state index contributed by atoms with van der Waals surface area (Å²) in [4.78, 5) is 17.0. The summed E-state index contributed by atoms with van der Waals surface area (Å²) in [6.45, 7) is 10.8. The molecule has 2 rings (SSSR count). The third-order valence-corrected chi connectivity index (χ3v) is 5.01. The molecule has 0 aliphatic carbocycles. The van der Waals surface area contributed by atoms with E-state index in [1.165, 1.54) is 12.8 Å². The lowest BCUT2D eigenvalue weighted by Crippen LogP contribution is -2.47.